The number of benzene rings is 1. The van der Waals surface area contributed by atoms with Gasteiger partial charge in [0.15, 0.2) is 17.2 Å². The molecule has 1 saturated heterocycles. The third kappa shape index (κ3) is 1.50. The molecule has 1 aromatic carbocycles. The van der Waals surface area contributed by atoms with E-state index < -0.39 is 5.72 Å². The van der Waals surface area contributed by atoms with Crippen molar-refractivity contribution in [2.45, 2.75) is 25.1 Å². The summed E-state index contributed by atoms with van der Waals surface area (Å²) >= 11 is 0. The van der Waals surface area contributed by atoms with Crippen LogP contribution in [0.3, 0.4) is 0 Å². The zero-order valence-electron chi connectivity index (χ0n) is 9.74. The van der Waals surface area contributed by atoms with Crippen LogP contribution in [-0.2, 0) is 0 Å². The van der Waals surface area contributed by atoms with E-state index in [1.807, 2.05) is 25.1 Å². The summed E-state index contributed by atoms with van der Waals surface area (Å²) in [6.45, 7) is 1.87. The van der Waals surface area contributed by atoms with Crippen molar-refractivity contribution < 1.29 is 14.3 Å². The number of amides is 2. The summed E-state index contributed by atoms with van der Waals surface area (Å²) in [5.41, 5.74) is 0.311. The molecule has 0 aliphatic carbocycles. The molecule has 2 atom stereocenters. The maximum atomic E-state index is 11.5. The van der Waals surface area contributed by atoms with E-state index >= 15 is 0 Å². The molecule has 2 amide bonds. The minimum atomic E-state index is -0.658. The highest BCUT2D eigenvalue weighted by Crippen LogP contribution is 2.45. The van der Waals surface area contributed by atoms with Crippen molar-refractivity contribution in [1.82, 2.24) is 10.6 Å². The number of para-hydroxylation sites is 1. The molecule has 0 spiro atoms. The normalized spacial score (nSPS) is 29.5. The second kappa shape index (κ2) is 3.29. The zero-order chi connectivity index (χ0) is 12.0. The van der Waals surface area contributed by atoms with Crippen LogP contribution in [0, 0.1) is 0 Å². The molecule has 0 unspecified atom stereocenters. The van der Waals surface area contributed by atoms with Gasteiger partial charge in [0.2, 0.25) is 0 Å². The molecule has 0 radical (unpaired) electrons. The summed E-state index contributed by atoms with van der Waals surface area (Å²) in [6, 6.07) is 5.49. The third-order valence-electron chi connectivity index (χ3n) is 3.21. The van der Waals surface area contributed by atoms with Gasteiger partial charge in [-0.25, -0.2) is 4.79 Å². The first-order valence-corrected chi connectivity index (χ1v) is 5.56. The molecule has 90 valence electrons. The molecule has 17 heavy (non-hydrogen) atoms. The first-order chi connectivity index (χ1) is 8.11. The van der Waals surface area contributed by atoms with Crippen molar-refractivity contribution in [3.63, 3.8) is 0 Å². The van der Waals surface area contributed by atoms with Crippen LogP contribution < -0.4 is 20.1 Å². The van der Waals surface area contributed by atoms with E-state index in [2.05, 4.69) is 10.6 Å². The van der Waals surface area contributed by atoms with Gasteiger partial charge >= 0.3 is 6.03 Å². The summed E-state index contributed by atoms with van der Waals surface area (Å²) < 4.78 is 11.2. The molecular formula is C12H14N2O3. The first-order valence-electron chi connectivity index (χ1n) is 5.56. The Morgan fingerprint density at radius 3 is 3.12 bits per heavy atom. The van der Waals surface area contributed by atoms with Crippen LogP contribution in [0.15, 0.2) is 18.2 Å². The van der Waals surface area contributed by atoms with Gasteiger partial charge in [-0.1, -0.05) is 12.1 Å². The average molecular weight is 234 g/mol. The zero-order valence-corrected chi connectivity index (χ0v) is 9.74. The van der Waals surface area contributed by atoms with Crippen LogP contribution in [0.4, 0.5) is 4.79 Å². The lowest BCUT2D eigenvalue weighted by Crippen LogP contribution is -2.62. The fourth-order valence-corrected chi connectivity index (χ4v) is 2.48. The smallest absolute Gasteiger partial charge is 0.318 e. The lowest BCUT2D eigenvalue weighted by molar-refractivity contribution is 0.00942. The maximum Gasteiger partial charge on any atom is 0.318 e. The number of hydrogen-bond acceptors (Lipinski definition) is 3. The van der Waals surface area contributed by atoms with Crippen LogP contribution in [0.1, 0.15) is 24.9 Å². The molecule has 2 heterocycles. The summed E-state index contributed by atoms with van der Waals surface area (Å²) in [4.78, 5) is 11.5. The van der Waals surface area contributed by atoms with Crippen molar-refractivity contribution in [1.29, 1.82) is 0 Å². The maximum absolute atomic E-state index is 11.5. The van der Waals surface area contributed by atoms with Crippen LogP contribution in [-0.4, -0.2) is 18.9 Å². The summed E-state index contributed by atoms with van der Waals surface area (Å²) in [7, 11) is 1.61. The van der Waals surface area contributed by atoms with Gasteiger partial charge < -0.3 is 20.1 Å². The molecule has 2 aliphatic heterocycles. The molecule has 1 aromatic rings. The Morgan fingerprint density at radius 1 is 1.53 bits per heavy atom. The summed E-state index contributed by atoms with van der Waals surface area (Å²) in [6.07, 6.45) is 0.707. The third-order valence-corrected chi connectivity index (χ3v) is 3.21. The Morgan fingerprint density at radius 2 is 2.35 bits per heavy atom. The molecule has 1 fully saturated rings. The van der Waals surface area contributed by atoms with E-state index in [0.29, 0.717) is 17.9 Å². The van der Waals surface area contributed by atoms with Crippen molar-refractivity contribution in [3.05, 3.63) is 23.8 Å². The summed E-state index contributed by atoms with van der Waals surface area (Å²) in [5.74, 6) is 1.40. The standard InChI is InChI=1S/C12H14N2O3/c1-12-6-8(13-11(15)14-12)7-4-3-5-9(16-2)10(7)17-12/h3-5,8H,6H2,1-2H3,(H2,13,14,15)/t8-,12+/m1/s1. The van der Waals surface area contributed by atoms with Crippen LogP contribution in [0.5, 0.6) is 11.5 Å². The SMILES string of the molecule is COc1cccc2c1O[C@@]1(C)C[C@H]2NC(=O)N1. The predicted molar refractivity (Wildman–Crippen MR) is 61.1 cm³/mol. The van der Waals surface area contributed by atoms with Crippen LogP contribution in [0.2, 0.25) is 0 Å². The number of nitrogens with one attached hydrogen (secondary N) is 2. The number of urea groups is 1. The molecule has 2 N–H and O–H groups in total. The number of carbonyl (C=O) groups is 1. The first kappa shape index (κ1) is 10.3. The van der Waals surface area contributed by atoms with E-state index in [0.717, 1.165) is 5.56 Å². The second-order valence-electron chi connectivity index (χ2n) is 4.57. The molecule has 0 aromatic heterocycles. The molecule has 2 aliphatic rings. The highest BCUT2D eigenvalue weighted by Gasteiger charge is 2.44. The van der Waals surface area contributed by atoms with Gasteiger partial charge in [0, 0.05) is 12.0 Å². The van der Waals surface area contributed by atoms with Crippen LogP contribution in [0.25, 0.3) is 0 Å². The summed E-state index contributed by atoms with van der Waals surface area (Å²) in [5, 5.41) is 5.68. The highest BCUT2D eigenvalue weighted by molar-refractivity contribution is 5.77. The number of hydrogen-bond donors (Lipinski definition) is 2. The van der Waals surface area contributed by atoms with E-state index in [4.69, 9.17) is 9.47 Å². The van der Waals surface area contributed by atoms with Gasteiger partial charge in [0.25, 0.3) is 0 Å². The van der Waals surface area contributed by atoms with Gasteiger partial charge in [0.05, 0.1) is 13.2 Å². The lowest BCUT2D eigenvalue weighted by Gasteiger charge is -2.44. The fourth-order valence-electron chi connectivity index (χ4n) is 2.48. The topological polar surface area (TPSA) is 59.6 Å². The number of methoxy groups -OCH3 is 1. The van der Waals surface area contributed by atoms with E-state index in [-0.39, 0.29) is 12.1 Å². The Labute approximate surface area is 99.1 Å². The van der Waals surface area contributed by atoms with Gasteiger partial charge in [0.1, 0.15) is 0 Å². The van der Waals surface area contributed by atoms with Gasteiger partial charge in [-0.3, -0.25) is 0 Å². The van der Waals surface area contributed by atoms with Gasteiger partial charge in [-0.05, 0) is 13.0 Å². The Kier molecular flexibility index (Phi) is 1.98. The van der Waals surface area contributed by atoms with Crippen LogP contribution >= 0.6 is 0 Å². The fraction of sp³-hybridized carbons (Fsp3) is 0.417. The van der Waals surface area contributed by atoms with Gasteiger partial charge in [-0.15, -0.1) is 0 Å². The van der Waals surface area contributed by atoms with Gasteiger partial charge in [-0.2, -0.15) is 0 Å². The predicted octanol–water partition coefficient (Wildman–Crippen LogP) is 1.55. The number of fused-ring (bicyclic) bond motifs is 4. The largest absolute Gasteiger partial charge is 0.493 e. The lowest BCUT2D eigenvalue weighted by atomic mass is 9.91. The van der Waals surface area contributed by atoms with Crippen molar-refractivity contribution >= 4 is 6.03 Å². The minimum absolute atomic E-state index is 0.0207. The number of rotatable bonds is 1. The Balaban J connectivity index is 2.12. The minimum Gasteiger partial charge on any atom is -0.493 e. The molecule has 0 saturated carbocycles. The Hall–Kier alpha value is -1.91. The second-order valence-corrected chi connectivity index (χ2v) is 4.57. The number of carbonyl (C=O) groups excluding carboxylic acids is 1. The number of ether oxygens (including phenoxy) is 2. The highest BCUT2D eigenvalue weighted by atomic mass is 16.5. The van der Waals surface area contributed by atoms with Crippen molar-refractivity contribution in [3.8, 4) is 11.5 Å². The van der Waals surface area contributed by atoms with Crippen molar-refractivity contribution in [2.24, 2.45) is 0 Å². The molecule has 2 bridgehead atoms. The van der Waals surface area contributed by atoms with E-state index in [1.165, 1.54) is 0 Å². The monoisotopic (exact) mass is 234 g/mol. The average Bonchev–Trinajstić information content (AvgIpc) is 2.26. The quantitative estimate of drug-likeness (QED) is 0.775. The van der Waals surface area contributed by atoms with E-state index in [9.17, 15) is 4.79 Å². The molecule has 3 rings (SSSR count). The van der Waals surface area contributed by atoms with Crippen molar-refractivity contribution in [2.75, 3.05) is 7.11 Å². The molecule has 5 heteroatoms. The molecule has 5 nitrogen and oxygen atoms in total. The van der Waals surface area contributed by atoms with E-state index in [1.54, 1.807) is 7.11 Å². The molecular weight excluding hydrogens is 220 g/mol. The Bertz CT molecular complexity index is 489.